The molecule has 0 spiro atoms. The van der Waals surface area contributed by atoms with Crippen molar-refractivity contribution < 1.29 is 4.74 Å². The second kappa shape index (κ2) is 5.84. The molecule has 0 atom stereocenters. The van der Waals surface area contributed by atoms with Crippen molar-refractivity contribution in [2.75, 3.05) is 18.5 Å². The summed E-state index contributed by atoms with van der Waals surface area (Å²) in [5.74, 6) is 3.17. The van der Waals surface area contributed by atoms with Crippen LogP contribution in [0.3, 0.4) is 0 Å². The van der Waals surface area contributed by atoms with E-state index in [1.165, 1.54) is 19.3 Å². The summed E-state index contributed by atoms with van der Waals surface area (Å²) < 4.78 is 5.69. The minimum Gasteiger partial charge on any atom is -0.478 e. The summed E-state index contributed by atoms with van der Waals surface area (Å²) in [6.07, 6.45) is 5.28. The molecule has 17 heavy (non-hydrogen) atoms. The van der Waals surface area contributed by atoms with Gasteiger partial charge in [-0.25, -0.2) is 4.98 Å². The van der Waals surface area contributed by atoms with E-state index in [1.807, 2.05) is 13.0 Å². The normalized spacial score (nSPS) is 15.4. The molecule has 1 aromatic rings. The lowest BCUT2D eigenvalue weighted by Crippen LogP contribution is -2.15. The number of ether oxygens (including phenoxy) is 1. The van der Waals surface area contributed by atoms with Crippen molar-refractivity contribution in [3.8, 4) is 5.88 Å². The summed E-state index contributed by atoms with van der Waals surface area (Å²) >= 11 is 0. The molecule has 0 radical (unpaired) electrons. The smallest absolute Gasteiger partial charge is 0.218 e. The minimum absolute atomic E-state index is 0.688. The minimum atomic E-state index is 0.688. The third-order valence-electron chi connectivity index (χ3n) is 3.17. The first-order valence-electron chi connectivity index (χ1n) is 6.50. The molecule has 0 unspecified atom stereocenters. The lowest BCUT2D eigenvalue weighted by molar-refractivity contribution is 0.217. The lowest BCUT2D eigenvalue weighted by atomic mass is 9.83. The average molecular weight is 235 g/mol. The van der Waals surface area contributed by atoms with Gasteiger partial charge in [-0.15, -0.1) is 0 Å². The number of nitrogens with zero attached hydrogens (tertiary/aromatic N) is 2. The Balaban J connectivity index is 1.85. The van der Waals surface area contributed by atoms with Crippen molar-refractivity contribution in [3.05, 3.63) is 11.9 Å². The maximum atomic E-state index is 5.69. The zero-order chi connectivity index (χ0) is 12.1. The largest absolute Gasteiger partial charge is 0.478 e. The van der Waals surface area contributed by atoms with E-state index in [1.54, 1.807) is 0 Å². The van der Waals surface area contributed by atoms with Gasteiger partial charge in [0, 0.05) is 12.6 Å². The molecule has 1 aliphatic rings. The van der Waals surface area contributed by atoms with Crippen molar-refractivity contribution in [1.29, 1.82) is 0 Å². The van der Waals surface area contributed by atoms with Crippen LogP contribution in [0.5, 0.6) is 5.88 Å². The molecule has 0 amide bonds. The number of hydrogen-bond donors (Lipinski definition) is 1. The molecule has 1 N–H and O–H groups in total. The van der Waals surface area contributed by atoms with E-state index in [-0.39, 0.29) is 0 Å². The van der Waals surface area contributed by atoms with Gasteiger partial charge in [-0.1, -0.05) is 19.3 Å². The van der Waals surface area contributed by atoms with Gasteiger partial charge >= 0.3 is 0 Å². The van der Waals surface area contributed by atoms with Crippen LogP contribution in [0.1, 0.15) is 38.4 Å². The van der Waals surface area contributed by atoms with Crippen LogP contribution in [-0.2, 0) is 0 Å². The van der Waals surface area contributed by atoms with Crippen molar-refractivity contribution in [2.45, 2.75) is 39.5 Å². The van der Waals surface area contributed by atoms with Crippen LogP contribution in [0.15, 0.2) is 6.07 Å². The highest BCUT2D eigenvalue weighted by atomic mass is 16.5. The zero-order valence-electron chi connectivity index (χ0n) is 10.7. The number of nitrogens with one attached hydrogen (secondary N) is 1. The SMILES string of the molecule is CCNc1cc(OCCC2CCC2)nc(C)n1. The Kier molecular flexibility index (Phi) is 4.18. The molecule has 1 saturated carbocycles. The van der Waals surface area contributed by atoms with Crippen LogP contribution in [0.25, 0.3) is 0 Å². The Morgan fingerprint density at radius 3 is 2.88 bits per heavy atom. The molecule has 1 fully saturated rings. The van der Waals surface area contributed by atoms with Crippen LogP contribution < -0.4 is 10.1 Å². The molecule has 1 heterocycles. The molecular formula is C13H21N3O. The summed E-state index contributed by atoms with van der Waals surface area (Å²) in [6.45, 7) is 5.57. The van der Waals surface area contributed by atoms with Gasteiger partial charge in [0.2, 0.25) is 5.88 Å². The molecule has 0 bridgehead atoms. The fourth-order valence-electron chi connectivity index (χ4n) is 2.00. The van der Waals surface area contributed by atoms with E-state index in [0.29, 0.717) is 5.88 Å². The van der Waals surface area contributed by atoms with Gasteiger partial charge in [0.05, 0.1) is 6.61 Å². The molecule has 0 aromatic carbocycles. The van der Waals surface area contributed by atoms with Gasteiger partial charge in [0.25, 0.3) is 0 Å². The summed E-state index contributed by atoms with van der Waals surface area (Å²) in [6, 6.07) is 1.87. The lowest BCUT2D eigenvalue weighted by Gasteiger charge is -2.24. The van der Waals surface area contributed by atoms with Crippen molar-refractivity contribution in [2.24, 2.45) is 5.92 Å². The van der Waals surface area contributed by atoms with Crippen molar-refractivity contribution in [1.82, 2.24) is 9.97 Å². The Morgan fingerprint density at radius 1 is 1.41 bits per heavy atom. The highest BCUT2D eigenvalue weighted by Gasteiger charge is 2.17. The van der Waals surface area contributed by atoms with Gasteiger partial charge in [-0.2, -0.15) is 4.98 Å². The molecular weight excluding hydrogens is 214 g/mol. The highest BCUT2D eigenvalue weighted by molar-refractivity contribution is 5.38. The van der Waals surface area contributed by atoms with Gasteiger partial charge in [0.1, 0.15) is 11.6 Å². The summed E-state index contributed by atoms with van der Waals surface area (Å²) in [5, 5.41) is 3.18. The molecule has 1 aromatic heterocycles. The van der Waals surface area contributed by atoms with E-state index in [0.717, 1.165) is 37.1 Å². The summed E-state index contributed by atoms with van der Waals surface area (Å²) in [5.41, 5.74) is 0. The second-order valence-corrected chi connectivity index (χ2v) is 4.60. The topological polar surface area (TPSA) is 47.0 Å². The molecule has 4 nitrogen and oxygen atoms in total. The third kappa shape index (κ3) is 3.58. The standard InChI is InChI=1S/C13H21N3O/c1-3-14-12-9-13(16-10(2)15-12)17-8-7-11-5-4-6-11/h9,11H,3-8H2,1-2H3,(H,14,15,16). The van der Waals surface area contributed by atoms with E-state index < -0.39 is 0 Å². The number of aromatic nitrogens is 2. The average Bonchev–Trinajstić information content (AvgIpc) is 2.21. The molecule has 0 aliphatic heterocycles. The third-order valence-corrected chi connectivity index (χ3v) is 3.17. The predicted molar refractivity (Wildman–Crippen MR) is 68.4 cm³/mol. The van der Waals surface area contributed by atoms with Crippen LogP contribution >= 0.6 is 0 Å². The number of rotatable bonds is 6. The van der Waals surface area contributed by atoms with Crippen LogP contribution in [-0.4, -0.2) is 23.1 Å². The van der Waals surface area contributed by atoms with Gasteiger partial charge in [0.15, 0.2) is 0 Å². The van der Waals surface area contributed by atoms with Gasteiger partial charge in [-0.3, -0.25) is 0 Å². The fourth-order valence-corrected chi connectivity index (χ4v) is 2.00. The maximum absolute atomic E-state index is 5.69. The molecule has 1 aliphatic carbocycles. The fraction of sp³-hybridized carbons (Fsp3) is 0.692. The Morgan fingerprint density at radius 2 is 2.24 bits per heavy atom. The van der Waals surface area contributed by atoms with E-state index in [2.05, 4.69) is 22.2 Å². The maximum Gasteiger partial charge on any atom is 0.218 e. The Bertz CT molecular complexity index is 364. The van der Waals surface area contributed by atoms with Crippen molar-refractivity contribution >= 4 is 5.82 Å². The zero-order valence-corrected chi connectivity index (χ0v) is 10.7. The molecule has 0 saturated heterocycles. The number of aryl methyl sites for hydroxylation is 1. The Labute approximate surface area is 103 Å². The van der Waals surface area contributed by atoms with Crippen LogP contribution in [0.4, 0.5) is 5.82 Å². The first kappa shape index (κ1) is 12.1. The monoisotopic (exact) mass is 235 g/mol. The Hall–Kier alpha value is -1.32. The highest BCUT2D eigenvalue weighted by Crippen LogP contribution is 2.29. The van der Waals surface area contributed by atoms with Crippen LogP contribution in [0.2, 0.25) is 0 Å². The quantitative estimate of drug-likeness (QED) is 0.823. The van der Waals surface area contributed by atoms with E-state index in [9.17, 15) is 0 Å². The van der Waals surface area contributed by atoms with Gasteiger partial charge in [-0.05, 0) is 26.2 Å². The van der Waals surface area contributed by atoms with E-state index in [4.69, 9.17) is 4.74 Å². The first-order valence-corrected chi connectivity index (χ1v) is 6.50. The van der Waals surface area contributed by atoms with E-state index >= 15 is 0 Å². The second-order valence-electron chi connectivity index (χ2n) is 4.60. The first-order chi connectivity index (χ1) is 8.28. The number of hydrogen-bond acceptors (Lipinski definition) is 4. The number of anilines is 1. The summed E-state index contributed by atoms with van der Waals surface area (Å²) in [7, 11) is 0. The molecule has 4 heteroatoms. The van der Waals surface area contributed by atoms with Crippen molar-refractivity contribution in [3.63, 3.8) is 0 Å². The van der Waals surface area contributed by atoms with Crippen LogP contribution in [0, 0.1) is 12.8 Å². The molecule has 2 rings (SSSR count). The molecule has 94 valence electrons. The van der Waals surface area contributed by atoms with Gasteiger partial charge < -0.3 is 10.1 Å². The summed E-state index contributed by atoms with van der Waals surface area (Å²) in [4.78, 5) is 8.58. The predicted octanol–water partition coefficient (Wildman–Crippen LogP) is 2.79.